The fourth-order valence-corrected chi connectivity index (χ4v) is 2.46. The molecule has 2 aromatic rings. The van der Waals surface area contributed by atoms with Crippen LogP contribution in [0.15, 0.2) is 29.8 Å². The number of nitriles is 1. The number of rotatable bonds is 4. The summed E-state index contributed by atoms with van der Waals surface area (Å²) in [5, 5.41) is 11.0. The zero-order chi connectivity index (χ0) is 13.0. The van der Waals surface area contributed by atoms with Crippen molar-refractivity contribution in [1.29, 1.82) is 5.26 Å². The maximum absolute atomic E-state index is 8.98. The molecule has 2 rings (SSSR count). The zero-order valence-electron chi connectivity index (χ0n) is 10.1. The van der Waals surface area contributed by atoms with E-state index in [1.807, 2.05) is 18.4 Å². The van der Waals surface area contributed by atoms with Crippen LogP contribution < -0.4 is 10.6 Å². The average molecular weight is 258 g/mol. The molecule has 0 bridgehead atoms. The molecule has 5 heteroatoms. The minimum atomic E-state index is 0.457. The lowest BCUT2D eigenvalue weighted by atomic mass is 10.2. The third kappa shape index (κ3) is 2.44. The minimum absolute atomic E-state index is 0.457. The molecule has 0 amide bonds. The number of hydrogen-bond acceptors (Lipinski definition) is 5. The van der Waals surface area contributed by atoms with Crippen molar-refractivity contribution in [2.24, 2.45) is 0 Å². The quantitative estimate of drug-likeness (QED) is 0.915. The molecular formula is C13H14N4S. The van der Waals surface area contributed by atoms with Gasteiger partial charge in [-0.1, -0.05) is 6.07 Å². The van der Waals surface area contributed by atoms with Gasteiger partial charge >= 0.3 is 0 Å². The smallest absolute Gasteiger partial charge is 0.153 e. The number of aromatic nitrogens is 1. The average Bonchev–Trinajstić information content (AvgIpc) is 2.89. The topological polar surface area (TPSA) is 65.9 Å². The summed E-state index contributed by atoms with van der Waals surface area (Å²) in [6.45, 7) is 3.61. The zero-order valence-corrected chi connectivity index (χ0v) is 10.9. The predicted molar refractivity (Wildman–Crippen MR) is 74.4 cm³/mol. The highest BCUT2D eigenvalue weighted by Crippen LogP contribution is 2.25. The van der Waals surface area contributed by atoms with Crippen LogP contribution in [0.1, 0.15) is 17.4 Å². The van der Waals surface area contributed by atoms with E-state index in [0.29, 0.717) is 17.1 Å². The van der Waals surface area contributed by atoms with Gasteiger partial charge in [-0.2, -0.15) is 5.26 Å². The third-order valence-electron chi connectivity index (χ3n) is 2.70. The van der Waals surface area contributed by atoms with Gasteiger partial charge in [-0.05, 0) is 24.4 Å². The van der Waals surface area contributed by atoms with Gasteiger partial charge in [0.15, 0.2) is 5.82 Å². The molecule has 0 aromatic carbocycles. The molecule has 0 aliphatic carbocycles. The van der Waals surface area contributed by atoms with Crippen molar-refractivity contribution in [3.63, 3.8) is 0 Å². The standard InChI is InChI=1S/C13H14N4S/c1-2-17(9-11-4-3-7-18-11)13-12(15)10(8-14)5-6-16-13/h3-7H,2,9,15H2,1H3. The van der Waals surface area contributed by atoms with E-state index in [4.69, 9.17) is 11.0 Å². The molecule has 0 radical (unpaired) electrons. The predicted octanol–water partition coefficient (Wildman–Crippen LogP) is 2.62. The summed E-state index contributed by atoms with van der Waals surface area (Å²) < 4.78 is 0. The van der Waals surface area contributed by atoms with Gasteiger partial charge < -0.3 is 10.6 Å². The fourth-order valence-electron chi connectivity index (χ4n) is 1.74. The third-order valence-corrected chi connectivity index (χ3v) is 3.56. The van der Waals surface area contributed by atoms with Crippen LogP contribution in [0.3, 0.4) is 0 Å². The van der Waals surface area contributed by atoms with Crippen LogP contribution in [0.5, 0.6) is 0 Å². The molecule has 0 fully saturated rings. The second-order valence-electron chi connectivity index (χ2n) is 3.80. The van der Waals surface area contributed by atoms with Crippen LogP contribution in [-0.2, 0) is 6.54 Å². The summed E-state index contributed by atoms with van der Waals surface area (Å²) >= 11 is 1.70. The van der Waals surface area contributed by atoms with E-state index in [1.54, 1.807) is 23.6 Å². The van der Waals surface area contributed by atoms with Crippen LogP contribution >= 0.6 is 11.3 Å². The molecule has 2 N–H and O–H groups in total. The van der Waals surface area contributed by atoms with Gasteiger partial charge in [0.05, 0.1) is 17.8 Å². The molecule has 0 aliphatic heterocycles. The second kappa shape index (κ2) is 5.52. The highest BCUT2D eigenvalue weighted by atomic mass is 32.1. The maximum atomic E-state index is 8.98. The molecule has 0 saturated carbocycles. The Hall–Kier alpha value is -2.06. The Morgan fingerprint density at radius 2 is 2.33 bits per heavy atom. The first-order valence-corrected chi connectivity index (χ1v) is 6.56. The number of anilines is 2. The number of hydrogen-bond donors (Lipinski definition) is 1. The van der Waals surface area contributed by atoms with Crippen LogP contribution in [0.2, 0.25) is 0 Å². The Morgan fingerprint density at radius 3 is 2.94 bits per heavy atom. The van der Waals surface area contributed by atoms with Crippen molar-refractivity contribution in [1.82, 2.24) is 4.98 Å². The summed E-state index contributed by atoms with van der Waals surface area (Å²) in [6.07, 6.45) is 1.63. The van der Waals surface area contributed by atoms with Crippen molar-refractivity contribution in [3.8, 4) is 6.07 Å². The lowest BCUT2D eigenvalue weighted by molar-refractivity contribution is 0.825. The van der Waals surface area contributed by atoms with E-state index in [9.17, 15) is 0 Å². The molecule has 0 aliphatic rings. The van der Waals surface area contributed by atoms with Crippen molar-refractivity contribution in [2.45, 2.75) is 13.5 Å². The first kappa shape index (κ1) is 12.4. The van der Waals surface area contributed by atoms with E-state index >= 15 is 0 Å². The molecular weight excluding hydrogens is 244 g/mol. The number of nitrogens with zero attached hydrogens (tertiary/aromatic N) is 3. The monoisotopic (exact) mass is 258 g/mol. The number of thiophene rings is 1. The number of pyridine rings is 1. The molecule has 92 valence electrons. The van der Waals surface area contributed by atoms with Crippen LogP contribution in [0.4, 0.5) is 11.5 Å². The summed E-state index contributed by atoms with van der Waals surface area (Å²) in [4.78, 5) is 7.61. The first-order chi connectivity index (χ1) is 8.76. The van der Waals surface area contributed by atoms with Gasteiger partial charge in [0, 0.05) is 17.6 Å². The molecule has 2 aromatic heterocycles. The lowest BCUT2D eigenvalue weighted by Gasteiger charge is -2.22. The Kier molecular flexibility index (Phi) is 3.80. The van der Waals surface area contributed by atoms with Crippen molar-refractivity contribution < 1.29 is 0 Å². The summed E-state index contributed by atoms with van der Waals surface area (Å²) in [5.74, 6) is 0.685. The minimum Gasteiger partial charge on any atom is -0.395 e. The van der Waals surface area contributed by atoms with Crippen molar-refractivity contribution >= 4 is 22.8 Å². The molecule has 4 nitrogen and oxygen atoms in total. The van der Waals surface area contributed by atoms with Gasteiger partial charge in [-0.15, -0.1) is 11.3 Å². The molecule has 0 unspecified atom stereocenters. The molecule has 18 heavy (non-hydrogen) atoms. The van der Waals surface area contributed by atoms with Crippen LogP contribution in [0.25, 0.3) is 0 Å². The van der Waals surface area contributed by atoms with E-state index in [1.165, 1.54) is 4.88 Å². The Balaban J connectivity index is 2.31. The van der Waals surface area contributed by atoms with E-state index in [-0.39, 0.29) is 0 Å². The number of nitrogens with two attached hydrogens (primary N) is 1. The molecule has 2 heterocycles. The molecule has 0 atom stereocenters. The van der Waals surface area contributed by atoms with Crippen LogP contribution in [-0.4, -0.2) is 11.5 Å². The van der Waals surface area contributed by atoms with Gasteiger partial charge in [0.1, 0.15) is 6.07 Å². The summed E-state index contributed by atoms with van der Waals surface area (Å²) in [5.41, 5.74) is 6.91. The summed E-state index contributed by atoms with van der Waals surface area (Å²) in [7, 11) is 0. The fraction of sp³-hybridized carbons (Fsp3) is 0.231. The Bertz CT molecular complexity index is 557. The first-order valence-electron chi connectivity index (χ1n) is 5.68. The van der Waals surface area contributed by atoms with E-state index < -0.39 is 0 Å². The van der Waals surface area contributed by atoms with Gasteiger partial charge in [0.2, 0.25) is 0 Å². The van der Waals surface area contributed by atoms with Gasteiger partial charge in [0.25, 0.3) is 0 Å². The number of nitrogen functional groups attached to an aromatic ring is 1. The maximum Gasteiger partial charge on any atom is 0.153 e. The molecule has 0 saturated heterocycles. The lowest BCUT2D eigenvalue weighted by Crippen LogP contribution is -2.24. The Morgan fingerprint density at radius 1 is 1.50 bits per heavy atom. The second-order valence-corrected chi connectivity index (χ2v) is 4.83. The largest absolute Gasteiger partial charge is 0.395 e. The highest BCUT2D eigenvalue weighted by molar-refractivity contribution is 7.09. The van der Waals surface area contributed by atoms with Crippen LogP contribution in [0, 0.1) is 11.3 Å². The summed E-state index contributed by atoms with van der Waals surface area (Å²) in [6, 6.07) is 7.83. The van der Waals surface area contributed by atoms with Crippen molar-refractivity contribution in [2.75, 3.05) is 17.2 Å². The van der Waals surface area contributed by atoms with Gasteiger partial charge in [-0.3, -0.25) is 0 Å². The SMILES string of the molecule is CCN(Cc1cccs1)c1nccc(C#N)c1N. The highest BCUT2D eigenvalue weighted by Gasteiger charge is 2.13. The van der Waals surface area contributed by atoms with Gasteiger partial charge in [-0.25, -0.2) is 4.98 Å². The Labute approximate surface area is 110 Å². The van der Waals surface area contributed by atoms with E-state index in [0.717, 1.165) is 13.1 Å². The van der Waals surface area contributed by atoms with Crippen molar-refractivity contribution in [3.05, 3.63) is 40.2 Å². The normalized spacial score (nSPS) is 10.0. The van der Waals surface area contributed by atoms with E-state index in [2.05, 4.69) is 22.0 Å². The molecule has 0 spiro atoms.